The van der Waals surface area contributed by atoms with E-state index in [-0.39, 0.29) is 0 Å². The van der Waals surface area contributed by atoms with E-state index in [9.17, 15) is 0 Å². The van der Waals surface area contributed by atoms with Gasteiger partial charge in [-0.3, -0.25) is 0 Å². The minimum Gasteiger partial charge on any atom is -0.302 e. The van der Waals surface area contributed by atoms with Crippen molar-refractivity contribution in [2.45, 2.75) is 92.2 Å². The van der Waals surface area contributed by atoms with Crippen molar-refractivity contribution in [3.8, 4) is 0 Å². The molecule has 1 saturated carbocycles. The van der Waals surface area contributed by atoms with Crippen LogP contribution in [0.1, 0.15) is 80.1 Å². The van der Waals surface area contributed by atoms with Gasteiger partial charge in [0.1, 0.15) is 0 Å². The fraction of sp³-hybridized carbons (Fsp3) is 1.00. The minimum absolute atomic E-state index is 0.441. The van der Waals surface area contributed by atoms with E-state index in [1.54, 1.807) is 0 Å². The normalized spacial score (nSPS) is 24.3. The Morgan fingerprint density at radius 1 is 0.682 bits per heavy atom. The van der Waals surface area contributed by atoms with Gasteiger partial charge in [-0.1, -0.05) is 54.4 Å². The smallest absolute Gasteiger partial charge is 0.0248 e. The van der Waals surface area contributed by atoms with Crippen LogP contribution in [-0.4, -0.2) is 49.1 Å². The molecule has 1 fully saturated rings. The van der Waals surface area contributed by atoms with Crippen LogP contribution in [0.2, 0.25) is 0 Å². The van der Waals surface area contributed by atoms with Gasteiger partial charge in [0, 0.05) is 12.1 Å². The van der Waals surface area contributed by atoms with Gasteiger partial charge in [0.15, 0.2) is 0 Å². The van der Waals surface area contributed by atoms with Crippen molar-refractivity contribution >= 4 is 0 Å². The molecule has 0 aromatic rings. The van der Waals surface area contributed by atoms with Crippen molar-refractivity contribution in [3.63, 3.8) is 0 Å². The van der Waals surface area contributed by atoms with Gasteiger partial charge in [0.2, 0.25) is 0 Å². The van der Waals surface area contributed by atoms with E-state index in [1.165, 1.54) is 51.6 Å². The van der Waals surface area contributed by atoms with Crippen molar-refractivity contribution < 1.29 is 0 Å². The molecule has 1 unspecified atom stereocenters. The van der Waals surface area contributed by atoms with Gasteiger partial charge in [0.25, 0.3) is 0 Å². The molecule has 0 spiro atoms. The van der Waals surface area contributed by atoms with E-state index in [2.05, 4.69) is 65.4 Å². The highest BCUT2D eigenvalue weighted by Gasteiger charge is 2.31. The fourth-order valence-electron chi connectivity index (χ4n) is 3.48. The predicted molar refractivity (Wildman–Crippen MR) is 99.4 cm³/mol. The highest BCUT2D eigenvalue weighted by atomic mass is 15.2. The molecular formula is C20H42N2. The predicted octanol–water partition coefficient (Wildman–Crippen LogP) is 5.03. The molecule has 0 aromatic carbocycles. The molecule has 0 saturated heterocycles. The van der Waals surface area contributed by atoms with Crippen molar-refractivity contribution in [2.24, 2.45) is 10.8 Å². The first-order valence-corrected chi connectivity index (χ1v) is 9.40. The lowest BCUT2D eigenvalue weighted by atomic mass is 9.86. The van der Waals surface area contributed by atoms with Gasteiger partial charge in [-0.2, -0.15) is 0 Å². The largest absolute Gasteiger partial charge is 0.302 e. The van der Waals surface area contributed by atoms with Crippen LogP contribution in [0.15, 0.2) is 0 Å². The van der Waals surface area contributed by atoms with Crippen LogP contribution in [0.4, 0.5) is 0 Å². The number of likely N-dealkylation sites (N-methyl/N-ethyl adjacent to an activating group) is 2. The Morgan fingerprint density at radius 2 is 1.00 bits per heavy atom. The maximum Gasteiger partial charge on any atom is 0.0248 e. The zero-order valence-electron chi connectivity index (χ0n) is 16.7. The molecule has 0 N–H and O–H groups in total. The summed E-state index contributed by atoms with van der Waals surface area (Å²) in [5, 5.41) is 0. The van der Waals surface area contributed by atoms with Gasteiger partial charge in [-0.25, -0.2) is 0 Å². The second-order valence-electron chi connectivity index (χ2n) is 10.0. The first kappa shape index (κ1) is 20.0. The van der Waals surface area contributed by atoms with Crippen LogP contribution in [-0.2, 0) is 0 Å². The van der Waals surface area contributed by atoms with Gasteiger partial charge < -0.3 is 9.80 Å². The van der Waals surface area contributed by atoms with E-state index in [0.29, 0.717) is 10.8 Å². The summed E-state index contributed by atoms with van der Waals surface area (Å²) in [6.07, 6.45) is 8.16. The summed E-state index contributed by atoms with van der Waals surface area (Å²) in [6, 6.07) is 1.50. The van der Waals surface area contributed by atoms with E-state index in [0.717, 1.165) is 12.1 Å². The molecule has 0 aromatic heterocycles. The van der Waals surface area contributed by atoms with Crippen molar-refractivity contribution in [3.05, 3.63) is 0 Å². The summed E-state index contributed by atoms with van der Waals surface area (Å²) < 4.78 is 0. The lowest BCUT2D eigenvalue weighted by Gasteiger charge is -2.43. The Labute approximate surface area is 140 Å². The average molecular weight is 311 g/mol. The maximum atomic E-state index is 2.66. The monoisotopic (exact) mass is 310 g/mol. The number of nitrogens with zero attached hydrogens (tertiary/aromatic N) is 2. The van der Waals surface area contributed by atoms with Crippen molar-refractivity contribution in [2.75, 3.05) is 27.2 Å². The minimum atomic E-state index is 0.441. The van der Waals surface area contributed by atoms with Gasteiger partial charge >= 0.3 is 0 Å². The van der Waals surface area contributed by atoms with Crippen molar-refractivity contribution in [1.82, 2.24) is 9.80 Å². The zero-order chi connectivity index (χ0) is 17.0. The molecule has 132 valence electrons. The van der Waals surface area contributed by atoms with Gasteiger partial charge in [0.05, 0.1) is 0 Å². The summed E-state index contributed by atoms with van der Waals surface area (Å²) in [5.41, 5.74) is 0.882. The van der Waals surface area contributed by atoms with Crippen LogP contribution in [0, 0.1) is 10.8 Å². The van der Waals surface area contributed by atoms with E-state index >= 15 is 0 Å². The van der Waals surface area contributed by atoms with Gasteiger partial charge in [-0.15, -0.1) is 0 Å². The second kappa shape index (κ2) is 8.15. The molecule has 0 amide bonds. The van der Waals surface area contributed by atoms with E-state index in [4.69, 9.17) is 0 Å². The molecule has 2 atom stereocenters. The molecule has 0 bridgehead atoms. The Bertz CT molecular complexity index is 279. The van der Waals surface area contributed by atoms with E-state index < -0.39 is 0 Å². The highest BCUT2D eigenvalue weighted by molar-refractivity contribution is 4.88. The molecule has 22 heavy (non-hydrogen) atoms. The summed E-state index contributed by atoms with van der Waals surface area (Å²) in [4.78, 5) is 5.31. The lowest BCUT2D eigenvalue weighted by Crippen LogP contribution is -2.52. The van der Waals surface area contributed by atoms with Crippen molar-refractivity contribution in [1.29, 1.82) is 0 Å². The number of rotatable bonds is 6. The summed E-state index contributed by atoms with van der Waals surface area (Å²) in [5.74, 6) is 0. The first-order chi connectivity index (χ1) is 9.99. The molecular weight excluding hydrogens is 268 g/mol. The third-order valence-electron chi connectivity index (χ3n) is 5.26. The molecule has 1 rings (SSSR count). The van der Waals surface area contributed by atoms with Crippen LogP contribution < -0.4 is 0 Å². The Morgan fingerprint density at radius 3 is 1.27 bits per heavy atom. The average Bonchev–Trinajstić information content (AvgIpc) is 2.40. The number of hydrogen-bond acceptors (Lipinski definition) is 2. The topological polar surface area (TPSA) is 6.48 Å². The number of hydrogen-bond donors (Lipinski definition) is 0. The second-order valence-corrected chi connectivity index (χ2v) is 10.0. The molecule has 0 radical (unpaired) electrons. The fourth-order valence-corrected chi connectivity index (χ4v) is 3.48. The van der Waals surface area contributed by atoms with E-state index in [1.807, 2.05) is 0 Å². The molecule has 1 aliphatic carbocycles. The van der Waals surface area contributed by atoms with Gasteiger partial charge in [-0.05, 0) is 63.7 Å². The quantitative estimate of drug-likeness (QED) is 0.678. The Hall–Kier alpha value is -0.0800. The molecule has 0 aliphatic heterocycles. The molecule has 1 aliphatic rings. The lowest BCUT2D eigenvalue weighted by molar-refractivity contribution is 0.0655. The highest BCUT2D eigenvalue weighted by Crippen LogP contribution is 2.29. The zero-order valence-corrected chi connectivity index (χ0v) is 16.7. The van der Waals surface area contributed by atoms with Crippen LogP contribution >= 0.6 is 0 Å². The first-order valence-electron chi connectivity index (χ1n) is 9.40. The Balaban J connectivity index is 2.58. The summed E-state index contributed by atoms with van der Waals surface area (Å²) in [7, 11) is 4.71. The molecule has 2 heteroatoms. The summed E-state index contributed by atoms with van der Waals surface area (Å²) >= 11 is 0. The SMILES string of the molecule is CN(CCC(C)(C)C)C1CCCC[C@@H]1N(C)CCC(C)(C)C. The third kappa shape index (κ3) is 7.46. The van der Waals surface area contributed by atoms with Crippen LogP contribution in [0.25, 0.3) is 0 Å². The third-order valence-corrected chi connectivity index (χ3v) is 5.26. The molecule has 2 nitrogen and oxygen atoms in total. The Kier molecular flexibility index (Phi) is 7.39. The standard InChI is InChI=1S/C20H42N2/c1-19(2,3)13-15-21(7)17-11-9-10-12-18(17)22(8)16-14-20(4,5)6/h17-18H,9-16H2,1-8H3/t17-,18?/m0/s1. The van der Waals surface area contributed by atoms with Crippen LogP contribution in [0.3, 0.4) is 0 Å². The molecule has 0 heterocycles. The maximum absolute atomic E-state index is 2.66. The van der Waals surface area contributed by atoms with Crippen LogP contribution in [0.5, 0.6) is 0 Å². The summed E-state index contributed by atoms with van der Waals surface area (Å²) in [6.45, 7) is 16.6.